The maximum absolute atomic E-state index is 7.03. The van der Waals surface area contributed by atoms with E-state index in [0.29, 0.717) is 0 Å². The molecule has 0 atom stereocenters. The van der Waals surface area contributed by atoms with Crippen LogP contribution in [0, 0.1) is 0 Å². The molecule has 1 aliphatic rings. The predicted molar refractivity (Wildman–Crippen MR) is 304 cm³/mol. The first-order valence-electron chi connectivity index (χ1n) is 24.8. The van der Waals surface area contributed by atoms with Crippen LogP contribution in [0.4, 0.5) is 0 Å². The molecule has 0 spiro atoms. The molecule has 0 aliphatic carbocycles. The second-order valence-corrected chi connectivity index (χ2v) is 19.3. The smallest absolute Gasteiger partial charge is 0.136 e. The number of fused-ring (bicyclic) bond motifs is 12. The molecule has 1 aliphatic heterocycles. The van der Waals surface area contributed by atoms with Crippen molar-refractivity contribution in [1.82, 2.24) is 0 Å². The van der Waals surface area contributed by atoms with Gasteiger partial charge >= 0.3 is 0 Å². The molecule has 0 fully saturated rings. The molecule has 0 radical (unpaired) electrons. The Labute approximate surface area is 414 Å². The van der Waals surface area contributed by atoms with Crippen LogP contribution in [0.1, 0.15) is 0 Å². The van der Waals surface area contributed by atoms with Crippen LogP contribution in [0.3, 0.4) is 0 Å². The quantitative estimate of drug-likeness (QED) is 0.164. The number of hydrogen-bond donors (Lipinski definition) is 0. The number of benzene rings is 14. The van der Waals surface area contributed by atoms with Gasteiger partial charge < -0.3 is 9.15 Å². The summed E-state index contributed by atoms with van der Waals surface area (Å²) >= 11 is 0. The molecule has 16 rings (SSSR count). The van der Waals surface area contributed by atoms with E-state index in [1.165, 1.54) is 98.0 Å². The van der Waals surface area contributed by atoms with Crippen molar-refractivity contribution in [2.24, 2.45) is 0 Å². The average molecular weight is 913 g/mol. The number of furan rings is 1. The van der Waals surface area contributed by atoms with Crippen molar-refractivity contribution in [3.8, 4) is 67.1 Å². The van der Waals surface area contributed by atoms with Gasteiger partial charge in [0.2, 0.25) is 0 Å². The van der Waals surface area contributed by atoms with E-state index in [-0.39, 0.29) is 0 Å². The van der Waals surface area contributed by atoms with Gasteiger partial charge in [0.15, 0.2) is 0 Å². The molecule has 0 amide bonds. The molecular formula is C70H40O2. The Bertz CT molecular complexity index is 4720. The van der Waals surface area contributed by atoms with Gasteiger partial charge in [0, 0.05) is 27.3 Å². The van der Waals surface area contributed by atoms with Gasteiger partial charge in [-0.05, 0) is 151 Å². The van der Waals surface area contributed by atoms with Crippen molar-refractivity contribution in [2.45, 2.75) is 0 Å². The van der Waals surface area contributed by atoms with Gasteiger partial charge in [0.25, 0.3) is 0 Å². The van der Waals surface area contributed by atoms with Crippen molar-refractivity contribution >= 4 is 97.3 Å². The third kappa shape index (κ3) is 5.55. The zero-order valence-electron chi connectivity index (χ0n) is 38.9. The van der Waals surface area contributed by atoms with E-state index < -0.39 is 0 Å². The van der Waals surface area contributed by atoms with Crippen LogP contribution in [0.5, 0.6) is 11.5 Å². The monoisotopic (exact) mass is 912 g/mol. The van der Waals surface area contributed by atoms with E-state index in [4.69, 9.17) is 9.15 Å². The minimum absolute atomic E-state index is 0.835. The fourth-order valence-corrected chi connectivity index (χ4v) is 12.6. The molecule has 2 heterocycles. The van der Waals surface area contributed by atoms with Crippen LogP contribution in [-0.4, -0.2) is 0 Å². The molecule has 1 aromatic heterocycles. The van der Waals surface area contributed by atoms with E-state index in [2.05, 4.69) is 243 Å². The van der Waals surface area contributed by atoms with E-state index in [9.17, 15) is 0 Å². The van der Waals surface area contributed by atoms with Crippen LogP contribution in [0.15, 0.2) is 247 Å². The summed E-state index contributed by atoms with van der Waals surface area (Å²) in [6.45, 7) is 0. The summed E-state index contributed by atoms with van der Waals surface area (Å²) in [7, 11) is 0. The Morgan fingerprint density at radius 3 is 1.19 bits per heavy atom. The lowest BCUT2D eigenvalue weighted by Gasteiger charge is -2.23. The van der Waals surface area contributed by atoms with Crippen LogP contribution in [0.25, 0.3) is 153 Å². The van der Waals surface area contributed by atoms with E-state index in [1.54, 1.807) is 0 Å². The molecule has 0 saturated heterocycles. The van der Waals surface area contributed by atoms with Crippen molar-refractivity contribution < 1.29 is 9.15 Å². The Morgan fingerprint density at radius 1 is 0.222 bits per heavy atom. The molecule has 0 bridgehead atoms. The molecule has 2 heteroatoms. The molecule has 0 unspecified atom stereocenters. The maximum Gasteiger partial charge on any atom is 0.136 e. The molecule has 0 N–H and O–H groups in total. The topological polar surface area (TPSA) is 22.4 Å². The molecular weight excluding hydrogens is 873 g/mol. The molecule has 332 valence electrons. The highest BCUT2D eigenvalue weighted by molar-refractivity contribution is 6.28. The predicted octanol–water partition coefficient (Wildman–Crippen LogP) is 20.1. The summed E-state index contributed by atoms with van der Waals surface area (Å²) in [5.41, 5.74) is 13.5. The van der Waals surface area contributed by atoms with Crippen LogP contribution in [0.2, 0.25) is 0 Å². The van der Waals surface area contributed by atoms with Gasteiger partial charge in [0.1, 0.15) is 22.7 Å². The molecule has 0 saturated carbocycles. The summed E-state index contributed by atoms with van der Waals surface area (Å²) in [6.07, 6.45) is 0. The third-order valence-corrected chi connectivity index (χ3v) is 15.6. The summed E-state index contributed by atoms with van der Waals surface area (Å²) in [6, 6.07) is 88.6. The number of rotatable bonds is 4. The van der Waals surface area contributed by atoms with Gasteiger partial charge in [0.05, 0.1) is 0 Å². The SMILES string of the molecule is c1ccc2c(-c3c4ccccc4c(-c4ccc5c(c4)Oc4cccc6c4c-5cc4oc5cc(-c7c8ccccc8c(-c8cccc9ccccc89)c8ccccc78)ccc5c46)c4ccccc34)cccc2c1. The van der Waals surface area contributed by atoms with Crippen LogP contribution >= 0.6 is 0 Å². The summed E-state index contributed by atoms with van der Waals surface area (Å²) in [5, 5.41) is 19.2. The fraction of sp³-hybridized carbons (Fsp3) is 0. The fourth-order valence-electron chi connectivity index (χ4n) is 12.6. The zero-order chi connectivity index (χ0) is 47.0. The first-order chi connectivity index (χ1) is 35.7. The average Bonchev–Trinajstić information content (AvgIpc) is 3.81. The largest absolute Gasteiger partial charge is 0.456 e. The Morgan fingerprint density at radius 2 is 0.653 bits per heavy atom. The molecule has 14 aromatic carbocycles. The number of hydrogen-bond acceptors (Lipinski definition) is 2. The first-order valence-corrected chi connectivity index (χ1v) is 24.8. The lowest BCUT2D eigenvalue weighted by molar-refractivity contribution is 0.487. The Hall–Kier alpha value is -9.50. The van der Waals surface area contributed by atoms with E-state index >= 15 is 0 Å². The molecule has 15 aromatic rings. The normalized spacial score (nSPS) is 12.3. The minimum atomic E-state index is 0.835. The van der Waals surface area contributed by atoms with Crippen LogP contribution < -0.4 is 4.74 Å². The van der Waals surface area contributed by atoms with Gasteiger partial charge in [-0.25, -0.2) is 0 Å². The molecule has 72 heavy (non-hydrogen) atoms. The highest BCUT2D eigenvalue weighted by Gasteiger charge is 2.27. The van der Waals surface area contributed by atoms with Crippen LogP contribution in [-0.2, 0) is 0 Å². The van der Waals surface area contributed by atoms with Crippen molar-refractivity contribution in [1.29, 1.82) is 0 Å². The van der Waals surface area contributed by atoms with Gasteiger partial charge in [-0.1, -0.05) is 206 Å². The zero-order valence-corrected chi connectivity index (χ0v) is 38.9. The lowest BCUT2D eigenvalue weighted by Crippen LogP contribution is -1.98. The third-order valence-electron chi connectivity index (χ3n) is 15.6. The highest BCUT2D eigenvalue weighted by Crippen LogP contribution is 2.53. The van der Waals surface area contributed by atoms with Crippen molar-refractivity contribution in [2.75, 3.05) is 0 Å². The van der Waals surface area contributed by atoms with Crippen molar-refractivity contribution in [3.05, 3.63) is 243 Å². The van der Waals surface area contributed by atoms with Gasteiger partial charge in [-0.2, -0.15) is 0 Å². The Kier molecular flexibility index (Phi) is 8.20. The Balaban J connectivity index is 0.867. The maximum atomic E-state index is 7.03. The second kappa shape index (κ2) is 15.0. The summed E-state index contributed by atoms with van der Waals surface area (Å²) in [5.74, 6) is 1.69. The van der Waals surface area contributed by atoms with E-state index in [0.717, 1.165) is 66.5 Å². The second-order valence-electron chi connectivity index (χ2n) is 19.3. The van der Waals surface area contributed by atoms with Gasteiger partial charge in [-0.3, -0.25) is 0 Å². The molecule has 2 nitrogen and oxygen atoms in total. The van der Waals surface area contributed by atoms with Gasteiger partial charge in [-0.15, -0.1) is 0 Å². The summed E-state index contributed by atoms with van der Waals surface area (Å²) in [4.78, 5) is 0. The first kappa shape index (κ1) is 39.4. The lowest BCUT2D eigenvalue weighted by atomic mass is 9.84. The standard InChI is InChI=1S/C70H40O2/c1-3-20-45-41(16-1)18-13-30-48(45)67-54-26-9-5-22-50(54)65(51-23-6-10-27-55(51)67)43-34-36-47-60-40-64-69(59-32-15-33-61(70(59)60)71-62(47)38-43)58-37-35-44(39-63(58)72-64)66-52-24-7-11-28-56(52)68(57-29-12-8-25-53(57)66)49-31-14-19-42-17-2-4-21-46(42)49/h1-40H. The van der Waals surface area contributed by atoms with E-state index in [1.807, 2.05) is 0 Å². The van der Waals surface area contributed by atoms with Crippen molar-refractivity contribution in [3.63, 3.8) is 0 Å². The minimum Gasteiger partial charge on any atom is -0.456 e. The summed E-state index contributed by atoms with van der Waals surface area (Å²) < 4.78 is 14.0. The number of ether oxygens (including phenoxy) is 1. The highest BCUT2D eigenvalue weighted by atomic mass is 16.5.